The van der Waals surface area contributed by atoms with E-state index >= 15 is 0 Å². The Bertz CT molecular complexity index is 1310. The van der Waals surface area contributed by atoms with E-state index in [1.807, 2.05) is 66.7 Å². The number of nitrogens with one attached hydrogen (secondary N) is 1. The number of rotatable bonds is 9. The van der Waals surface area contributed by atoms with Crippen molar-refractivity contribution >= 4 is 18.0 Å². The third-order valence-corrected chi connectivity index (χ3v) is 7.78. The van der Waals surface area contributed by atoms with Crippen molar-refractivity contribution in [3.8, 4) is 11.1 Å². The zero-order chi connectivity index (χ0) is 28.1. The van der Waals surface area contributed by atoms with Crippen LogP contribution in [0.4, 0.5) is 4.79 Å². The average molecular weight is 543 g/mol. The lowest BCUT2D eigenvalue weighted by Crippen LogP contribution is -2.59. The first-order valence-electron chi connectivity index (χ1n) is 13.7. The second-order valence-electron chi connectivity index (χ2n) is 10.3. The van der Waals surface area contributed by atoms with Gasteiger partial charge >= 0.3 is 12.1 Å². The number of benzene rings is 3. The molecule has 2 aliphatic rings. The van der Waals surface area contributed by atoms with Crippen molar-refractivity contribution in [2.45, 2.75) is 56.9 Å². The maximum atomic E-state index is 13.7. The Kier molecular flexibility index (Phi) is 8.45. The number of nitrogens with zero attached hydrogens (tertiary/aromatic N) is 1. The number of carboxylic acid groups (broad SMARTS) is 1. The van der Waals surface area contributed by atoms with Gasteiger partial charge in [-0.05, 0) is 54.0 Å². The Morgan fingerprint density at radius 1 is 0.925 bits per heavy atom. The number of carbonyl (C=O) groups is 3. The molecule has 1 aliphatic heterocycles. The van der Waals surface area contributed by atoms with E-state index in [-0.39, 0.29) is 19.1 Å². The van der Waals surface area contributed by atoms with Gasteiger partial charge in [0.25, 0.3) is 0 Å². The maximum absolute atomic E-state index is 13.7. The van der Waals surface area contributed by atoms with Gasteiger partial charge in [0.1, 0.15) is 18.7 Å². The quantitative estimate of drug-likeness (QED) is 0.396. The van der Waals surface area contributed by atoms with Crippen LogP contribution in [0, 0.1) is 0 Å². The molecule has 3 aromatic carbocycles. The lowest BCUT2D eigenvalue weighted by atomic mass is 9.98. The number of alkyl carbamates (subject to hydrolysis) is 1. The highest BCUT2D eigenvalue weighted by atomic mass is 16.5. The first-order valence-corrected chi connectivity index (χ1v) is 13.7. The van der Waals surface area contributed by atoms with Crippen molar-refractivity contribution in [2.24, 2.45) is 0 Å². The maximum Gasteiger partial charge on any atom is 0.407 e. The topological polar surface area (TPSA) is 105 Å². The summed E-state index contributed by atoms with van der Waals surface area (Å²) in [6.45, 7) is 2.35. The minimum Gasteiger partial charge on any atom is -0.480 e. The van der Waals surface area contributed by atoms with Gasteiger partial charge in [0.2, 0.25) is 5.91 Å². The second kappa shape index (κ2) is 12.3. The molecule has 0 aromatic heterocycles. The Balaban J connectivity index is 1.31. The van der Waals surface area contributed by atoms with Gasteiger partial charge in [-0.2, -0.15) is 0 Å². The van der Waals surface area contributed by atoms with Gasteiger partial charge < -0.3 is 24.8 Å². The number of aliphatic carboxylic acids is 1. The highest BCUT2D eigenvalue weighted by molar-refractivity contribution is 5.90. The number of ether oxygens (including phenoxy) is 2. The Hall–Kier alpha value is -4.17. The van der Waals surface area contributed by atoms with Gasteiger partial charge in [0.05, 0.1) is 12.7 Å². The molecule has 1 fully saturated rings. The summed E-state index contributed by atoms with van der Waals surface area (Å²) >= 11 is 0. The van der Waals surface area contributed by atoms with Gasteiger partial charge in [-0.15, -0.1) is 0 Å². The lowest BCUT2D eigenvalue weighted by molar-refractivity contribution is -0.154. The summed E-state index contributed by atoms with van der Waals surface area (Å²) in [5.74, 6) is -1.66. The molecule has 1 heterocycles. The van der Waals surface area contributed by atoms with Crippen LogP contribution in [0.15, 0.2) is 78.9 Å². The van der Waals surface area contributed by atoms with Crippen LogP contribution in [0.1, 0.15) is 48.8 Å². The van der Waals surface area contributed by atoms with Crippen LogP contribution in [-0.2, 0) is 25.7 Å². The van der Waals surface area contributed by atoms with Crippen molar-refractivity contribution < 1.29 is 29.0 Å². The molecular weight excluding hydrogens is 508 g/mol. The molecule has 0 spiro atoms. The summed E-state index contributed by atoms with van der Waals surface area (Å²) in [6.07, 6.45) is 0.319. The number of amides is 2. The van der Waals surface area contributed by atoms with Gasteiger partial charge in [-0.1, -0.05) is 78.9 Å². The molecule has 8 nitrogen and oxygen atoms in total. The molecular formula is C32H34N2O6. The number of carboxylic acids is 1. The molecule has 2 amide bonds. The molecule has 2 unspecified atom stereocenters. The fraction of sp³-hybridized carbons (Fsp3) is 0.344. The normalized spacial score (nSPS) is 17.8. The van der Waals surface area contributed by atoms with E-state index < -0.39 is 36.2 Å². The molecule has 3 aromatic rings. The van der Waals surface area contributed by atoms with Gasteiger partial charge in [0, 0.05) is 12.5 Å². The van der Waals surface area contributed by atoms with E-state index in [9.17, 15) is 19.5 Å². The number of fused-ring (bicyclic) bond motifs is 3. The van der Waals surface area contributed by atoms with E-state index in [0.717, 1.165) is 34.2 Å². The Morgan fingerprint density at radius 2 is 1.55 bits per heavy atom. The Labute approximate surface area is 233 Å². The van der Waals surface area contributed by atoms with Crippen LogP contribution < -0.4 is 5.32 Å². The summed E-state index contributed by atoms with van der Waals surface area (Å²) in [5, 5.41) is 12.5. The van der Waals surface area contributed by atoms with Crippen LogP contribution in [0.25, 0.3) is 11.1 Å². The van der Waals surface area contributed by atoms with Crippen LogP contribution in [0.2, 0.25) is 0 Å². The summed E-state index contributed by atoms with van der Waals surface area (Å²) in [7, 11) is 0. The standard InChI is InChI=1S/C32H34N2O6/c1-21(39-19-22-11-3-2-4-12-22)29(30(35)34-18-10-9-17-28(34)31(36)37)33-32(38)40-20-27-25-15-7-5-13-23(25)24-14-6-8-16-26(24)27/h2-8,11-16,21,27-29H,9-10,17-20H2,1H3,(H,33,38)(H,36,37)/t21?,28-,29?/m1/s1. The second-order valence-corrected chi connectivity index (χ2v) is 10.3. The minimum atomic E-state index is -1.11. The first-order chi connectivity index (χ1) is 19.4. The van der Waals surface area contributed by atoms with Crippen LogP contribution >= 0.6 is 0 Å². The predicted octanol–water partition coefficient (Wildman–Crippen LogP) is 4.96. The molecule has 5 rings (SSSR count). The summed E-state index contributed by atoms with van der Waals surface area (Å²) in [6, 6.07) is 23.6. The summed E-state index contributed by atoms with van der Waals surface area (Å²) in [4.78, 5) is 40.1. The number of carbonyl (C=O) groups excluding carboxylic acids is 2. The Morgan fingerprint density at radius 3 is 2.20 bits per heavy atom. The molecule has 40 heavy (non-hydrogen) atoms. The molecule has 8 heteroatoms. The number of likely N-dealkylation sites (tertiary alicyclic amines) is 1. The van der Waals surface area contributed by atoms with E-state index in [2.05, 4.69) is 17.4 Å². The van der Waals surface area contributed by atoms with E-state index in [0.29, 0.717) is 19.4 Å². The molecule has 0 radical (unpaired) electrons. The van der Waals surface area contributed by atoms with Crippen molar-refractivity contribution in [1.29, 1.82) is 0 Å². The van der Waals surface area contributed by atoms with Crippen molar-refractivity contribution in [1.82, 2.24) is 10.2 Å². The molecule has 0 bridgehead atoms. The number of piperidine rings is 1. The summed E-state index contributed by atoms with van der Waals surface area (Å²) in [5.41, 5.74) is 5.33. The van der Waals surface area contributed by atoms with Crippen LogP contribution in [0.5, 0.6) is 0 Å². The van der Waals surface area contributed by atoms with E-state index in [1.54, 1.807) is 6.92 Å². The molecule has 2 N–H and O–H groups in total. The smallest absolute Gasteiger partial charge is 0.407 e. The third-order valence-electron chi connectivity index (χ3n) is 7.78. The zero-order valence-electron chi connectivity index (χ0n) is 22.5. The van der Waals surface area contributed by atoms with Gasteiger partial charge in [-0.25, -0.2) is 9.59 Å². The summed E-state index contributed by atoms with van der Waals surface area (Å²) < 4.78 is 11.7. The van der Waals surface area contributed by atoms with Crippen LogP contribution in [0.3, 0.4) is 0 Å². The fourth-order valence-corrected chi connectivity index (χ4v) is 5.68. The number of hydrogen-bond donors (Lipinski definition) is 2. The number of hydrogen-bond acceptors (Lipinski definition) is 5. The minimum absolute atomic E-state index is 0.0987. The molecule has 0 saturated carbocycles. The largest absolute Gasteiger partial charge is 0.480 e. The van der Waals surface area contributed by atoms with Crippen molar-refractivity contribution in [2.75, 3.05) is 13.2 Å². The van der Waals surface area contributed by atoms with Crippen molar-refractivity contribution in [3.05, 3.63) is 95.6 Å². The monoisotopic (exact) mass is 542 g/mol. The van der Waals surface area contributed by atoms with E-state index in [4.69, 9.17) is 9.47 Å². The van der Waals surface area contributed by atoms with Gasteiger partial charge in [-0.3, -0.25) is 4.79 Å². The highest BCUT2D eigenvalue weighted by Crippen LogP contribution is 2.44. The highest BCUT2D eigenvalue weighted by Gasteiger charge is 2.39. The van der Waals surface area contributed by atoms with Crippen LogP contribution in [-0.4, -0.2) is 59.3 Å². The molecule has 208 valence electrons. The van der Waals surface area contributed by atoms with Crippen molar-refractivity contribution in [3.63, 3.8) is 0 Å². The average Bonchev–Trinajstić information content (AvgIpc) is 3.31. The fourth-order valence-electron chi connectivity index (χ4n) is 5.68. The lowest BCUT2D eigenvalue weighted by Gasteiger charge is -2.36. The first kappa shape index (κ1) is 27.4. The molecule has 1 saturated heterocycles. The zero-order valence-corrected chi connectivity index (χ0v) is 22.5. The molecule has 3 atom stereocenters. The predicted molar refractivity (Wildman–Crippen MR) is 150 cm³/mol. The SMILES string of the molecule is CC(OCc1ccccc1)C(NC(=O)OCC1c2ccccc2-c2ccccc21)C(=O)N1CCCC[C@@H]1C(=O)O. The van der Waals surface area contributed by atoms with E-state index in [1.165, 1.54) is 4.90 Å². The molecule has 1 aliphatic carbocycles. The third kappa shape index (κ3) is 5.87. The van der Waals surface area contributed by atoms with Gasteiger partial charge in [0.15, 0.2) is 0 Å².